The molecule has 168 valence electrons. The molecule has 1 saturated heterocycles. The second-order valence-electron chi connectivity index (χ2n) is 8.05. The van der Waals surface area contributed by atoms with E-state index < -0.39 is 9.84 Å². The molecule has 3 rings (SSSR count). The highest BCUT2D eigenvalue weighted by Gasteiger charge is 2.19. The minimum absolute atomic E-state index is 0. The molecule has 0 bridgehead atoms. The van der Waals surface area contributed by atoms with Gasteiger partial charge in [-0.1, -0.05) is 29.8 Å². The largest absolute Gasteiger partial charge is 0.385 e. The number of nitrogens with one attached hydrogen (secondary N) is 1. The van der Waals surface area contributed by atoms with E-state index in [0.717, 1.165) is 39.0 Å². The Morgan fingerprint density at radius 2 is 1.57 bits per heavy atom. The zero-order chi connectivity index (χ0) is 20.0. The van der Waals surface area contributed by atoms with E-state index in [1.165, 1.54) is 35.9 Å². The fourth-order valence-corrected chi connectivity index (χ4v) is 4.46. The lowest BCUT2D eigenvalue weighted by Crippen LogP contribution is -2.35. The first kappa shape index (κ1) is 26.8. The topological polar surface area (TPSA) is 49.4 Å². The standard InChI is InChI=1S/C23H32N2O2S.2ClH/c1-19-4-8-22(9-5-19)24-14-3-15-25-16-12-21(13-17-25)18-20-6-10-23(11-7-20)28(2,26)27;;/h4-11,21,24H,3,12-18H2,1-2H3;2*1H. The Labute approximate surface area is 194 Å². The van der Waals surface area contributed by atoms with Crippen molar-refractivity contribution in [1.29, 1.82) is 0 Å². The molecule has 1 fully saturated rings. The zero-order valence-corrected chi connectivity index (χ0v) is 20.3. The van der Waals surface area contributed by atoms with E-state index in [9.17, 15) is 8.42 Å². The minimum Gasteiger partial charge on any atom is -0.385 e. The Balaban J connectivity index is 0.00000225. The molecule has 0 atom stereocenters. The Bertz CT molecular complexity index is 848. The molecule has 0 radical (unpaired) electrons. The van der Waals surface area contributed by atoms with Gasteiger partial charge in [-0.3, -0.25) is 0 Å². The third-order valence-corrected chi connectivity index (χ3v) is 6.74. The van der Waals surface area contributed by atoms with Crippen LogP contribution >= 0.6 is 24.8 Å². The van der Waals surface area contributed by atoms with E-state index in [2.05, 4.69) is 41.4 Å². The molecule has 2 aromatic carbocycles. The third kappa shape index (κ3) is 8.46. The summed E-state index contributed by atoms with van der Waals surface area (Å²) >= 11 is 0. The van der Waals surface area contributed by atoms with Gasteiger partial charge >= 0.3 is 0 Å². The number of halogens is 2. The van der Waals surface area contributed by atoms with Gasteiger partial charge in [0.25, 0.3) is 0 Å². The molecule has 1 N–H and O–H groups in total. The predicted octanol–water partition coefficient (Wildman–Crippen LogP) is 5.00. The second kappa shape index (κ2) is 12.6. The van der Waals surface area contributed by atoms with Crippen molar-refractivity contribution in [3.05, 3.63) is 59.7 Å². The number of hydrogen-bond donors (Lipinski definition) is 1. The number of rotatable bonds is 8. The molecule has 1 heterocycles. The van der Waals surface area contributed by atoms with Crippen LogP contribution in [-0.2, 0) is 16.3 Å². The highest BCUT2D eigenvalue weighted by molar-refractivity contribution is 7.90. The van der Waals surface area contributed by atoms with E-state index in [0.29, 0.717) is 10.8 Å². The molecule has 30 heavy (non-hydrogen) atoms. The van der Waals surface area contributed by atoms with Crippen LogP contribution in [0.15, 0.2) is 53.4 Å². The first-order chi connectivity index (χ1) is 13.4. The SMILES string of the molecule is Cc1ccc(NCCCN2CCC(Cc3ccc(S(C)(=O)=O)cc3)CC2)cc1.Cl.Cl. The van der Waals surface area contributed by atoms with E-state index in [-0.39, 0.29) is 24.8 Å². The van der Waals surface area contributed by atoms with Gasteiger partial charge in [-0.15, -0.1) is 24.8 Å². The third-order valence-electron chi connectivity index (χ3n) is 5.61. The highest BCUT2D eigenvalue weighted by Crippen LogP contribution is 2.22. The summed E-state index contributed by atoms with van der Waals surface area (Å²) in [6.07, 6.45) is 5.91. The summed E-state index contributed by atoms with van der Waals surface area (Å²) in [5, 5.41) is 3.50. The molecule has 1 aliphatic heterocycles. The summed E-state index contributed by atoms with van der Waals surface area (Å²) in [6, 6.07) is 16.0. The van der Waals surface area contributed by atoms with Crippen LogP contribution in [0.3, 0.4) is 0 Å². The Kier molecular flexibility index (Phi) is 11.2. The average Bonchev–Trinajstić information content (AvgIpc) is 2.68. The zero-order valence-electron chi connectivity index (χ0n) is 17.8. The van der Waals surface area contributed by atoms with Crippen molar-refractivity contribution < 1.29 is 8.42 Å². The van der Waals surface area contributed by atoms with Crippen LogP contribution in [0.25, 0.3) is 0 Å². The Morgan fingerprint density at radius 3 is 2.13 bits per heavy atom. The number of likely N-dealkylation sites (tertiary alicyclic amines) is 1. The van der Waals surface area contributed by atoms with Gasteiger partial charge in [-0.25, -0.2) is 8.42 Å². The summed E-state index contributed by atoms with van der Waals surface area (Å²) in [5.41, 5.74) is 3.74. The number of hydrogen-bond acceptors (Lipinski definition) is 4. The quantitative estimate of drug-likeness (QED) is 0.549. The molecule has 2 aromatic rings. The van der Waals surface area contributed by atoms with Crippen LogP contribution in [0.2, 0.25) is 0 Å². The van der Waals surface area contributed by atoms with Gasteiger partial charge in [-0.2, -0.15) is 0 Å². The highest BCUT2D eigenvalue weighted by atomic mass is 35.5. The van der Waals surface area contributed by atoms with Crippen LogP contribution < -0.4 is 5.32 Å². The number of benzene rings is 2. The number of aryl methyl sites for hydroxylation is 1. The molecule has 0 spiro atoms. The van der Waals surface area contributed by atoms with E-state index >= 15 is 0 Å². The summed E-state index contributed by atoms with van der Waals surface area (Å²) in [7, 11) is -3.10. The van der Waals surface area contributed by atoms with Crippen molar-refractivity contribution in [1.82, 2.24) is 4.90 Å². The number of piperidine rings is 1. The van der Waals surface area contributed by atoms with Gasteiger partial charge in [-0.05, 0) is 88.0 Å². The van der Waals surface area contributed by atoms with Crippen molar-refractivity contribution in [3.63, 3.8) is 0 Å². The van der Waals surface area contributed by atoms with Crippen molar-refractivity contribution in [2.24, 2.45) is 5.92 Å². The molecule has 0 saturated carbocycles. The van der Waals surface area contributed by atoms with E-state index in [4.69, 9.17) is 0 Å². The number of sulfone groups is 1. The van der Waals surface area contributed by atoms with Crippen molar-refractivity contribution >= 4 is 40.3 Å². The van der Waals surface area contributed by atoms with Gasteiger partial charge in [0.2, 0.25) is 0 Å². The van der Waals surface area contributed by atoms with Gasteiger partial charge in [0, 0.05) is 18.5 Å². The minimum atomic E-state index is -3.10. The molecule has 0 unspecified atom stereocenters. The number of nitrogens with zero attached hydrogens (tertiary/aromatic N) is 1. The molecule has 0 aromatic heterocycles. The van der Waals surface area contributed by atoms with Crippen molar-refractivity contribution in [2.75, 3.05) is 37.8 Å². The van der Waals surface area contributed by atoms with Crippen LogP contribution in [0.4, 0.5) is 5.69 Å². The van der Waals surface area contributed by atoms with Crippen LogP contribution in [0.5, 0.6) is 0 Å². The van der Waals surface area contributed by atoms with Gasteiger partial charge < -0.3 is 10.2 Å². The molecular formula is C23H34Cl2N2O2S. The lowest BCUT2D eigenvalue weighted by Gasteiger charge is -2.32. The maximum atomic E-state index is 11.6. The van der Waals surface area contributed by atoms with Crippen molar-refractivity contribution in [2.45, 2.75) is 37.5 Å². The molecule has 7 heteroatoms. The molecular weight excluding hydrogens is 439 g/mol. The van der Waals surface area contributed by atoms with Crippen molar-refractivity contribution in [3.8, 4) is 0 Å². The summed E-state index contributed by atoms with van der Waals surface area (Å²) < 4.78 is 23.1. The van der Waals surface area contributed by atoms with Gasteiger partial charge in [0.1, 0.15) is 0 Å². The normalized spacial score (nSPS) is 15.1. The molecule has 0 aliphatic carbocycles. The Hall–Kier alpha value is -1.27. The summed E-state index contributed by atoms with van der Waals surface area (Å²) in [6.45, 7) is 6.59. The van der Waals surface area contributed by atoms with Gasteiger partial charge in [0.15, 0.2) is 9.84 Å². The fraction of sp³-hybridized carbons (Fsp3) is 0.478. The second-order valence-corrected chi connectivity index (χ2v) is 10.1. The number of anilines is 1. The van der Waals surface area contributed by atoms with E-state index in [1.807, 2.05) is 12.1 Å². The lowest BCUT2D eigenvalue weighted by molar-refractivity contribution is 0.183. The van der Waals surface area contributed by atoms with Crippen LogP contribution in [-0.4, -0.2) is 45.8 Å². The van der Waals surface area contributed by atoms with Crippen LogP contribution in [0.1, 0.15) is 30.4 Å². The maximum absolute atomic E-state index is 11.6. The summed E-state index contributed by atoms with van der Waals surface area (Å²) in [5.74, 6) is 0.700. The predicted molar refractivity (Wildman–Crippen MR) is 131 cm³/mol. The monoisotopic (exact) mass is 472 g/mol. The molecule has 0 amide bonds. The summed E-state index contributed by atoms with van der Waals surface area (Å²) in [4.78, 5) is 2.98. The fourth-order valence-electron chi connectivity index (χ4n) is 3.83. The maximum Gasteiger partial charge on any atom is 0.175 e. The average molecular weight is 474 g/mol. The molecule has 1 aliphatic rings. The molecule has 4 nitrogen and oxygen atoms in total. The smallest absolute Gasteiger partial charge is 0.175 e. The first-order valence-corrected chi connectivity index (χ1v) is 12.1. The first-order valence-electron chi connectivity index (χ1n) is 10.2. The van der Waals surface area contributed by atoms with E-state index in [1.54, 1.807) is 12.1 Å². The van der Waals surface area contributed by atoms with Gasteiger partial charge in [0.05, 0.1) is 4.90 Å². The Morgan fingerprint density at radius 1 is 0.967 bits per heavy atom. The van der Waals surface area contributed by atoms with Crippen LogP contribution in [0, 0.1) is 12.8 Å². The lowest BCUT2D eigenvalue weighted by atomic mass is 9.90.